The summed E-state index contributed by atoms with van der Waals surface area (Å²) in [5.74, 6) is -2.13. The van der Waals surface area contributed by atoms with Gasteiger partial charge in [0.05, 0.1) is 26.2 Å². The van der Waals surface area contributed by atoms with Crippen molar-refractivity contribution in [1.82, 2.24) is 0 Å². The molecule has 0 fully saturated rings. The second-order valence-electron chi connectivity index (χ2n) is 5.95. The molecule has 1 atom stereocenters. The van der Waals surface area contributed by atoms with E-state index in [9.17, 15) is 53.9 Å². The lowest BCUT2D eigenvalue weighted by Crippen LogP contribution is -2.23. The molecular weight excluding hydrogens is 494 g/mol. The number of benzene rings is 2. The summed E-state index contributed by atoms with van der Waals surface area (Å²) >= 11 is 0. The van der Waals surface area contributed by atoms with Gasteiger partial charge in [0, 0.05) is 11.8 Å². The van der Waals surface area contributed by atoms with Crippen LogP contribution in [0.15, 0.2) is 52.3 Å². The molecule has 0 saturated carbocycles. The number of hydrogen-bond donors (Lipinski definition) is 1. The molecule has 0 bridgehead atoms. The summed E-state index contributed by atoms with van der Waals surface area (Å²) in [7, 11) is -8.48. The molecule has 0 aliphatic rings. The van der Waals surface area contributed by atoms with Gasteiger partial charge >= 0.3 is 11.7 Å². The van der Waals surface area contributed by atoms with Crippen molar-refractivity contribution in [3.63, 3.8) is 0 Å². The molecule has 16 heteroatoms. The van der Waals surface area contributed by atoms with Crippen LogP contribution in [0.4, 0.5) is 37.7 Å². The first-order valence-electron chi connectivity index (χ1n) is 7.99. The van der Waals surface area contributed by atoms with Gasteiger partial charge in [0.15, 0.2) is 0 Å². The Morgan fingerprint density at radius 2 is 1.69 bits per heavy atom. The number of nitro groups is 1. The summed E-state index contributed by atoms with van der Waals surface area (Å²) in [5, 5.41) is 13.2. The van der Waals surface area contributed by atoms with Crippen LogP contribution in [0.3, 0.4) is 0 Å². The topological polar surface area (TPSA) is 123 Å². The summed E-state index contributed by atoms with van der Waals surface area (Å²) in [6.07, 6.45) is -4.71. The zero-order valence-corrected chi connectivity index (χ0v) is 16.9. The molecule has 2 aromatic carbocycles. The Labute approximate surface area is 177 Å². The van der Waals surface area contributed by atoms with E-state index in [1.54, 1.807) is 0 Å². The normalized spacial score (nSPS) is 13.4. The molecule has 1 amide bonds. The van der Waals surface area contributed by atoms with Crippen molar-refractivity contribution in [2.75, 3.05) is 11.1 Å². The third-order valence-electron chi connectivity index (χ3n) is 3.72. The molecule has 1 N–H and O–H groups in total. The number of nitro benzene ring substituents is 1. The quantitative estimate of drug-likeness (QED) is 0.364. The molecule has 1 unspecified atom stereocenters. The van der Waals surface area contributed by atoms with E-state index in [0.29, 0.717) is 18.2 Å². The molecule has 0 aliphatic carbocycles. The molecule has 0 aromatic heterocycles. The lowest BCUT2D eigenvalue weighted by Gasteiger charge is -2.11. The number of carbonyl (C=O) groups is 1. The SMILES string of the molecule is O=C(CS(=O)c1ccc(S(=O)(=O)C(F)(F)F)cc1[N+](=O)[O-])Nc1cccc(C(F)(F)F)c1. The standard InChI is InChI=1S/C16H10F6N2O6S2/c17-15(18,19)9-2-1-3-10(6-9)23-14(25)8-31(28)13-5-4-11(7-12(13)24(26)27)32(29,30)16(20,21)22/h1-7H,8H2,(H,23,25). The fraction of sp³-hybridized carbons (Fsp3) is 0.188. The minimum absolute atomic E-state index is 0.0563. The monoisotopic (exact) mass is 504 g/mol. The lowest BCUT2D eigenvalue weighted by atomic mass is 10.2. The number of nitrogens with zero attached hydrogens (tertiary/aromatic N) is 1. The third kappa shape index (κ3) is 5.61. The highest BCUT2D eigenvalue weighted by Gasteiger charge is 2.47. The summed E-state index contributed by atoms with van der Waals surface area (Å²) in [4.78, 5) is 19.6. The van der Waals surface area contributed by atoms with Crippen molar-refractivity contribution in [3.8, 4) is 0 Å². The molecule has 0 heterocycles. The second kappa shape index (κ2) is 8.85. The number of nitrogens with one attached hydrogen (secondary N) is 1. The number of rotatable bonds is 6. The highest BCUT2D eigenvalue weighted by Crippen LogP contribution is 2.34. The Bertz CT molecular complexity index is 1190. The lowest BCUT2D eigenvalue weighted by molar-refractivity contribution is -0.388. The molecule has 174 valence electrons. The van der Waals surface area contributed by atoms with Gasteiger partial charge in [0.25, 0.3) is 15.5 Å². The van der Waals surface area contributed by atoms with Crippen molar-refractivity contribution >= 4 is 37.9 Å². The zero-order valence-electron chi connectivity index (χ0n) is 15.2. The van der Waals surface area contributed by atoms with E-state index in [4.69, 9.17) is 0 Å². The molecule has 2 aromatic rings. The van der Waals surface area contributed by atoms with E-state index in [1.165, 1.54) is 0 Å². The van der Waals surface area contributed by atoms with Gasteiger partial charge in [-0.2, -0.15) is 26.3 Å². The van der Waals surface area contributed by atoms with Gasteiger partial charge in [-0.25, -0.2) is 8.42 Å². The Kier molecular flexibility index (Phi) is 6.99. The van der Waals surface area contributed by atoms with Gasteiger partial charge in [-0.05, 0) is 30.3 Å². The average molecular weight is 504 g/mol. The smallest absolute Gasteiger partial charge is 0.325 e. The van der Waals surface area contributed by atoms with Crippen LogP contribution in [0.5, 0.6) is 0 Å². The average Bonchev–Trinajstić information content (AvgIpc) is 2.65. The van der Waals surface area contributed by atoms with Crippen LogP contribution in [0.2, 0.25) is 0 Å². The van der Waals surface area contributed by atoms with Gasteiger partial charge in [-0.3, -0.25) is 19.1 Å². The van der Waals surface area contributed by atoms with Crippen molar-refractivity contribution in [3.05, 3.63) is 58.1 Å². The molecule has 8 nitrogen and oxygen atoms in total. The summed E-state index contributed by atoms with van der Waals surface area (Å²) in [6.45, 7) is 0. The van der Waals surface area contributed by atoms with Gasteiger partial charge in [0.2, 0.25) is 5.91 Å². The molecule has 0 saturated heterocycles. The Balaban J connectivity index is 2.28. The van der Waals surface area contributed by atoms with Crippen LogP contribution in [0.25, 0.3) is 0 Å². The minimum Gasteiger partial charge on any atom is -0.325 e. The van der Waals surface area contributed by atoms with E-state index in [2.05, 4.69) is 0 Å². The Hall–Kier alpha value is -3.01. The first kappa shape index (κ1) is 25.3. The van der Waals surface area contributed by atoms with E-state index in [-0.39, 0.29) is 11.8 Å². The first-order chi connectivity index (χ1) is 14.5. The van der Waals surface area contributed by atoms with Crippen LogP contribution in [-0.2, 0) is 31.6 Å². The van der Waals surface area contributed by atoms with Crippen molar-refractivity contribution in [2.45, 2.75) is 21.5 Å². The fourth-order valence-electron chi connectivity index (χ4n) is 2.30. The largest absolute Gasteiger partial charge is 0.501 e. The number of alkyl halides is 6. The molecular formula is C16H10F6N2O6S2. The number of carbonyl (C=O) groups excluding carboxylic acids is 1. The molecule has 32 heavy (non-hydrogen) atoms. The van der Waals surface area contributed by atoms with Crippen LogP contribution in [0.1, 0.15) is 5.56 Å². The van der Waals surface area contributed by atoms with E-state index >= 15 is 0 Å². The van der Waals surface area contributed by atoms with Crippen LogP contribution in [0, 0.1) is 10.1 Å². The van der Waals surface area contributed by atoms with Crippen LogP contribution < -0.4 is 5.32 Å². The van der Waals surface area contributed by atoms with E-state index in [0.717, 1.165) is 18.2 Å². The molecule has 0 radical (unpaired) electrons. The number of amides is 1. The number of halogens is 6. The maximum atomic E-state index is 12.7. The Morgan fingerprint density at radius 3 is 2.22 bits per heavy atom. The van der Waals surface area contributed by atoms with Gasteiger partial charge in [-0.1, -0.05) is 6.07 Å². The van der Waals surface area contributed by atoms with Crippen molar-refractivity contribution in [1.29, 1.82) is 0 Å². The van der Waals surface area contributed by atoms with Gasteiger partial charge in [-0.15, -0.1) is 0 Å². The predicted octanol–water partition coefficient (Wildman–Crippen LogP) is 3.65. The Morgan fingerprint density at radius 1 is 1.06 bits per heavy atom. The summed E-state index contributed by atoms with van der Waals surface area (Å²) in [5.41, 5.74) is -8.40. The summed E-state index contributed by atoms with van der Waals surface area (Å²) < 4.78 is 111. The van der Waals surface area contributed by atoms with Crippen molar-refractivity contribution in [2.24, 2.45) is 0 Å². The van der Waals surface area contributed by atoms with Gasteiger partial charge in [0.1, 0.15) is 10.6 Å². The fourth-order valence-corrected chi connectivity index (χ4v) is 4.13. The zero-order chi connectivity index (χ0) is 24.5. The second-order valence-corrected chi connectivity index (χ2v) is 9.31. The minimum atomic E-state index is -5.93. The van der Waals surface area contributed by atoms with E-state index in [1.807, 2.05) is 5.32 Å². The maximum Gasteiger partial charge on any atom is 0.501 e. The molecule has 0 spiro atoms. The third-order valence-corrected chi connectivity index (χ3v) is 6.57. The summed E-state index contributed by atoms with van der Waals surface area (Å²) in [6, 6.07) is 4.28. The predicted molar refractivity (Wildman–Crippen MR) is 97.7 cm³/mol. The maximum absolute atomic E-state index is 12.7. The molecule has 0 aliphatic heterocycles. The number of sulfone groups is 1. The van der Waals surface area contributed by atoms with Crippen molar-refractivity contribution < 1.29 is 48.7 Å². The van der Waals surface area contributed by atoms with Crippen LogP contribution in [-0.4, -0.2) is 34.7 Å². The highest BCUT2D eigenvalue weighted by atomic mass is 32.2. The van der Waals surface area contributed by atoms with Crippen LogP contribution >= 0.6 is 0 Å². The molecule has 2 rings (SSSR count). The number of anilines is 1. The van der Waals surface area contributed by atoms with Gasteiger partial charge < -0.3 is 5.32 Å². The highest BCUT2D eigenvalue weighted by molar-refractivity contribution is 7.92. The van der Waals surface area contributed by atoms with E-state index < -0.39 is 69.9 Å². The number of hydrogen-bond acceptors (Lipinski definition) is 6. The first-order valence-corrected chi connectivity index (χ1v) is 10.8.